The summed E-state index contributed by atoms with van der Waals surface area (Å²) in [6.45, 7) is 2.13. The van der Waals surface area contributed by atoms with E-state index in [0.717, 1.165) is 19.3 Å². The van der Waals surface area contributed by atoms with Crippen molar-refractivity contribution in [3.8, 4) is 0 Å². The summed E-state index contributed by atoms with van der Waals surface area (Å²) in [4.78, 5) is 23.6. The van der Waals surface area contributed by atoms with Gasteiger partial charge in [-0.2, -0.15) is 0 Å². The SMILES string of the molecule is CCOC(=O)C1CCC2=C(CCC2)CC1=O. The zero-order valence-corrected chi connectivity index (χ0v) is 9.75. The summed E-state index contributed by atoms with van der Waals surface area (Å²) in [5.74, 6) is -0.774. The van der Waals surface area contributed by atoms with Gasteiger partial charge < -0.3 is 4.74 Å². The van der Waals surface area contributed by atoms with Crippen LogP contribution in [0.4, 0.5) is 0 Å². The normalized spacial score (nSPS) is 25.3. The maximum Gasteiger partial charge on any atom is 0.316 e. The van der Waals surface area contributed by atoms with Crippen LogP contribution in [0.1, 0.15) is 45.4 Å². The summed E-state index contributed by atoms with van der Waals surface area (Å²) in [5.41, 5.74) is 2.73. The van der Waals surface area contributed by atoms with Gasteiger partial charge in [0, 0.05) is 6.42 Å². The predicted octanol–water partition coefficient (Wildman–Crippen LogP) is 2.40. The van der Waals surface area contributed by atoms with Gasteiger partial charge in [0.2, 0.25) is 0 Å². The molecule has 0 amide bonds. The lowest BCUT2D eigenvalue weighted by Gasteiger charge is -2.12. The van der Waals surface area contributed by atoms with E-state index < -0.39 is 5.92 Å². The highest BCUT2D eigenvalue weighted by atomic mass is 16.5. The zero-order chi connectivity index (χ0) is 11.5. The Morgan fingerprint density at radius 2 is 2.06 bits per heavy atom. The summed E-state index contributed by atoms with van der Waals surface area (Å²) in [5, 5.41) is 0. The third-order valence-corrected chi connectivity index (χ3v) is 3.54. The van der Waals surface area contributed by atoms with E-state index >= 15 is 0 Å². The summed E-state index contributed by atoms with van der Waals surface area (Å²) < 4.78 is 4.95. The minimum atomic E-state index is -0.509. The van der Waals surface area contributed by atoms with E-state index in [2.05, 4.69) is 0 Å². The fourth-order valence-electron chi connectivity index (χ4n) is 2.69. The molecule has 0 bridgehead atoms. The Kier molecular flexibility index (Phi) is 3.42. The topological polar surface area (TPSA) is 43.4 Å². The Balaban J connectivity index is 2.05. The third kappa shape index (κ3) is 2.18. The fraction of sp³-hybridized carbons (Fsp3) is 0.692. The van der Waals surface area contributed by atoms with E-state index in [1.807, 2.05) is 0 Å². The zero-order valence-electron chi connectivity index (χ0n) is 9.75. The molecular formula is C13H18O3. The lowest BCUT2D eigenvalue weighted by Crippen LogP contribution is -2.25. The number of ketones is 1. The molecule has 1 atom stereocenters. The average Bonchev–Trinajstić information content (AvgIpc) is 2.60. The minimum absolute atomic E-state index is 0.0605. The molecule has 0 heterocycles. The van der Waals surface area contributed by atoms with Crippen LogP contribution >= 0.6 is 0 Å². The number of carbonyl (C=O) groups excluding carboxylic acids is 2. The lowest BCUT2D eigenvalue weighted by molar-refractivity contribution is -0.151. The van der Waals surface area contributed by atoms with Crippen LogP contribution < -0.4 is 0 Å². The first kappa shape index (κ1) is 11.4. The summed E-state index contributed by atoms with van der Waals surface area (Å²) >= 11 is 0. The van der Waals surface area contributed by atoms with Gasteiger partial charge in [-0.1, -0.05) is 11.1 Å². The van der Waals surface area contributed by atoms with Gasteiger partial charge in [-0.3, -0.25) is 9.59 Å². The second kappa shape index (κ2) is 4.81. The number of hydrogen-bond donors (Lipinski definition) is 0. The smallest absolute Gasteiger partial charge is 0.316 e. The molecule has 2 rings (SSSR count). The lowest BCUT2D eigenvalue weighted by atomic mass is 9.96. The molecule has 2 aliphatic carbocycles. The van der Waals surface area contributed by atoms with Crippen molar-refractivity contribution in [3.05, 3.63) is 11.1 Å². The molecule has 0 aromatic heterocycles. The van der Waals surface area contributed by atoms with Crippen molar-refractivity contribution >= 4 is 11.8 Å². The molecule has 0 aromatic rings. The fourth-order valence-corrected chi connectivity index (χ4v) is 2.69. The summed E-state index contributed by atoms with van der Waals surface area (Å²) in [7, 11) is 0. The molecule has 0 saturated heterocycles. The third-order valence-electron chi connectivity index (χ3n) is 3.54. The van der Waals surface area contributed by atoms with Crippen molar-refractivity contribution in [3.63, 3.8) is 0 Å². The second-order valence-electron chi connectivity index (χ2n) is 4.55. The van der Waals surface area contributed by atoms with Crippen LogP contribution in [0.15, 0.2) is 11.1 Å². The van der Waals surface area contributed by atoms with Gasteiger partial charge in [0.15, 0.2) is 5.78 Å². The molecule has 0 aliphatic heterocycles. The van der Waals surface area contributed by atoms with Gasteiger partial charge in [0.25, 0.3) is 0 Å². The van der Waals surface area contributed by atoms with Gasteiger partial charge in [-0.05, 0) is 39.0 Å². The Morgan fingerprint density at radius 3 is 2.81 bits per heavy atom. The van der Waals surface area contributed by atoms with E-state index in [4.69, 9.17) is 4.74 Å². The van der Waals surface area contributed by atoms with Crippen LogP contribution in [-0.4, -0.2) is 18.4 Å². The maximum absolute atomic E-state index is 11.9. The molecule has 0 radical (unpaired) electrons. The van der Waals surface area contributed by atoms with Crippen molar-refractivity contribution in [2.24, 2.45) is 5.92 Å². The van der Waals surface area contributed by atoms with Gasteiger partial charge in [0.1, 0.15) is 5.92 Å². The molecule has 0 saturated carbocycles. The minimum Gasteiger partial charge on any atom is -0.465 e. The molecule has 0 spiro atoms. The van der Waals surface area contributed by atoms with E-state index in [1.54, 1.807) is 6.92 Å². The Labute approximate surface area is 95.9 Å². The average molecular weight is 222 g/mol. The first-order valence-corrected chi connectivity index (χ1v) is 6.11. The van der Waals surface area contributed by atoms with Crippen LogP contribution in [0, 0.1) is 5.92 Å². The molecular weight excluding hydrogens is 204 g/mol. The van der Waals surface area contributed by atoms with Crippen LogP contribution in [0.2, 0.25) is 0 Å². The van der Waals surface area contributed by atoms with Crippen LogP contribution in [-0.2, 0) is 14.3 Å². The highest BCUT2D eigenvalue weighted by molar-refractivity contribution is 6.00. The number of ether oxygens (including phenoxy) is 1. The molecule has 16 heavy (non-hydrogen) atoms. The van der Waals surface area contributed by atoms with Gasteiger partial charge >= 0.3 is 5.97 Å². The Bertz CT molecular complexity index is 341. The molecule has 3 nitrogen and oxygen atoms in total. The van der Waals surface area contributed by atoms with Gasteiger partial charge in [-0.25, -0.2) is 0 Å². The van der Waals surface area contributed by atoms with Crippen LogP contribution in [0.25, 0.3) is 0 Å². The van der Waals surface area contributed by atoms with Crippen molar-refractivity contribution in [2.75, 3.05) is 6.61 Å². The molecule has 0 fully saturated rings. The van der Waals surface area contributed by atoms with Gasteiger partial charge in [-0.15, -0.1) is 0 Å². The monoisotopic (exact) mass is 222 g/mol. The summed E-state index contributed by atoms with van der Waals surface area (Å²) in [6.07, 6.45) is 5.40. The largest absolute Gasteiger partial charge is 0.465 e. The van der Waals surface area contributed by atoms with E-state index in [-0.39, 0.29) is 11.8 Å². The van der Waals surface area contributed by atoms with Crippen molar-refractivity contribution in [1.82, 2.24) is 0 Å². The molecule has 0 aromatic carbocycles. The quantitative estimate of drug-likeness (QED) is 0.409. The van der Waals surface area contributed by atoms with Crippen molar-refractivity contribution in [2.45, 2.75) is 45.4 Å². The number of hydrogen-bond acceptors (Lipinski definition) is 3. The van der Waals surface area contributed by atoms with Crippen molar-refractivity contribution in [1.29, 1.82) is 0 Å². The molecule has 3 heteroatoms. The summed E-state index contributed by atoms with van der Waals surface area (Å²) in [6, 6.07) is 0. The van der Waals surface area contributed by atoms with E-state index in [9.17, 15) is 9.59 Å². The highest BCUT2D eigenvalue weighted by Crippen LogP contribution is 2.36. The Morgan fingerprint density at radius 1 is 1.31 bits per heavy atom. The molecule has 2 aliphatic rings. The number of allylic oxidation sites excluding steroid dienone is 2. The molecule has 1 unspecified atom stereocenters. The van der Waals surface area contributed by atoms with Gasteiger partial charge in [0.05, 0.1) is 6.61 Å². The molecule has 0 N–H and O–H groups in total. The van der Waals surface area contributed by atoms with E-state index in [0.29, 0.717) is 19.4 Å². The van der Waals surface area contributed by atoms with Crippen molar-refractivity contribution < 1.29 is 14.3 Å². The second-order valence-corrected chi connectivity index (χ2v) is 4.55. The van der Waals surface area contributed by atoms with Crippen LogP contribution in [0.5, 0.6) is 0 Å². The molecule has 88 valence electrons. The number of carbonyl (C=O) groups is 2. The maximum atomic E-state index is 11.9. The number of esters is 1. The van der Waals surface area contributed by atoms with Crippen LogP contribution in [0.3, 0.4) is 0 Å². The highest BCUT2D eigenvalue weighted by Gasteiger charge is 2.32. The predicted molar refractivity (Wildman–Crippen MR) is 59.9 cm³/mol. The first-order valence-electron chi connectivity index (χ1n) is 6.11. The standard InChI is InChI=1S/C13H18O3/c1-2-16-13(15)11-7-6-9-4-3-5-10(9)8-12(11)14/h11H,2-8H2,1H3. The first-order chi connectivity index (χ1) is 7.72. The van der Waals surface area contributed by atoms with E-state index in [1.165, 1.54) is 17.6 Å². The number of Topliss-reactive ketones (excluding diaryl/α,β-unsaturated/α-hetero) is 1. The Hall–Kier alpha value is -1.12. The number of rotatable bonds is 2.